The lowest BCUT2D eigenvalue weighted by molar-refractivity contribution is -0.151. The number of hydrogen-bond acceptors (Lipinski definition) is 5. The molecule has 0 aromatic heterocycles. The van der Waals surface area contributed by atoms with Crippen LogP contribution in [-0.4, -0.2) is 38.7 Å². The minimum atomic E-state index is -0.711. The highest BCUT2D eigenvalue weighted by Gasteiger charge is 2.31. The van der Waals surface area contributed by atoms with E-state index in [4.69, 9.17) is 9.47 Å². The first-order chi connectivity index (χ1) is 9.90. The van der Waals surface area contributed by atoms with Crippen LogP contribution in [0.1, 0.15) is 19.4 Å². The van der Waals surface area contributed by atoms with Crippen LogP contribution in [0.2, 0.25) is 0 Å². The van der Waals surface area contributed by atoms with Gasteiger partial charge in [-0.3, -0.25) is 9.59 Å². The zero-order valence-corrected chi connectivity index (χ0v) is 13.0. The Morgan fingerprint density at radius 2 is 1.76 bits per heavy atom. The molecule has 0 aliphatic heterocycles. The summed E-state index contributed by atoms with van der Waals surface area (Å²) in [5, 5.41) is 3.10. The lowest BCUT2D eigenvalue weighted by Gasteiger charge is -2.25. The normalized spacial score (nSPS) is 12.6. The Morgan fingerprint density at radius 3 is 2.29 bits per heavy atom. The molecule has 1 unspecified atom stereocenters. The van der Waals surface area contributed by atoms with Gasteiger partial charge in [-0.2, -0.15) is 0 Å². The highest BCUT2D eigenvalue weighted by molar-refractivity contribution is 5.77. The second-order valence-electron chi connectivity index (χ2n) is 5.52. The van der Waals surface area contributed by atoms with Gasteiger partial charge in [0.2, 0.25) is 0 Å². The number of carbonyl (C=O) groups excluding carboxylic acids is 2. The maximum absolute atomic E-state index is 11.9. The van der Waals surface area contributed by atoms with Gasteiger partial charge in [-0.15, -0.1) is 0 Å². The van der Waals surface area contributed by atoms with Crippen molar-refractivity contribution in [3.63, 3.8) is 0 Å². The predicted molar refractivity (Wildman–Crippen MR) is 79.7 cm³/mol. The van der Waals surface area contributed by atoms with Crippen LogP contribution in [0.15, 0.2) is 30.3 Å². The Hall–Kier alpha value is -1.88. The molecule has 0 aliphatic carbocycles. The number of ether oxygens (including phenoxy) is 2. The standard InChI is InChI=1S/C16H23NO4/c1-16(2,15(19)21-4)11-17-13(14(18)20-3)10-12-8-6-5-7-9-12/h5-9,13,17H,10-11H2,1-4H3. The summed E-state index contributed by atoms with van der Waals surface area (Å²) in [6.45, 7) is 3.86. The van der Waals surface area contributed by atoms with Gasteiger partial charge in [0, 0.05) is 6.54 Å². The quantitative estimate of drug-likeness (QED) is 0.773. The zero-order valence-electron chi connectivity index (χ0n) is 13.0. The van der Waals surface area contributed by atoms with Crippen molar-refractivity contribution in [1.29, 1.82) is 0 Å². The first-order valence-corrected chi connectivity index (χ1v) is 6.84. The van der Waals surface area contributed by atoms with Gasteiger partial charge in [-0.25, -0.2) is 0 Å². The highest BCUT2D eigenvalue weighted by Crippen LogP contribution is 2.16. The maximum atomic E-state index is 11.9. The van der Waals surface area contributed by atoms with Gasteiger partial charge >= 0.3 is 11.9 Å². The minimum Gasteiger partial charge on any atom is -0.469 e. The Morgan fingerprint density at radius 1 is 1.14 bits per heavy atom. The van der Waals surface area contributed by atoms with Crippen LogP contribution >= 0.6 is 0 Å². The maximum Gasteiger partial charge on any atom is 0.323 e. The number of rotatable bonds is 7. The summed E-state index contributed by atoms with van der Waals surface area (Å²) in [4.78, 5) is 23.5. The van der Waals surface area contributed by atoms with Crippen LogP contribution in [0.4, 0.5) is 0 Å². The van der Waals surface area contributed by atoms with Crippen LogP contribution in [-0.2, 0) is 25.5 Å². The second-order valence-corrected chi connectivity index (χ2v) is 5.52. The van der Waals surface area contributed by atoms with E-state index in [1.807, 2.05) is 30.3 Å². The van der Waals surface area contributed by atoms with Crippen molar-refractivity contribution in [1.82, 2.24) is 5.32 Å². The molecule has 0 radical (unpaired) electrons. The van der Waals surface area contributed by atoms with E-state index < -0.39 is 11.5 Å². The molecular weight excluding hydrogens is 270 g/mol. The van der Waals surface area contributed by atoms with E-state index in [-0.39, 0.29) is 11.9 Å². The van der Waals surface area contributed by atoms with Gasteiger partial charge in [0.1, 0.15) is 6.04 Å². The van der Waals surface area contributed by atoms with Gasteiger partial charge < -0.3 is 14.8 Å². The molecule has 0 amide bonds. The summed E-state index contributed by atoms with van der Waals surface area (Å²) in [6.07, 6.45) is 0.505. The largest absolute Gasteiger partial charge is 0.469 e. The van der Waals surface area contributed by atoms with Gasteiger partial charge in [0.25, 0.3) is 0 Å². The molecule has 1 N–H and O–H groups in total. The van der Waals surface area contributed by atoms with Crippen LogP contribution < -0.4 is 5.32 Å². The molecule has 0 aliphatic rings. The second kappa shape index (κ2) is 7.78. The summed E-state index contributed by atoms with van der Waals surface area (Å²) < 4.78 is 9.58. The van der Waals surface area contributed by atoms with Gasteiger partial charge in [0.15, 0.2) is 0 Å². The number of carbonyl (C=O) groups is 2. The Bertz CT molecular complexity index is 470. The van der Waals surface area contributed by atoms with E-state index >= 15 is 0 Å². The first-order valence-electron chi connectivity index (χ1n) is 6.84. The average molecular weight is 293 g/mol. The molecule has 0 saturated carbocycles. The van der Waals surface area contributed by atoms with E-state index in [1.165, 1.54) is 14.2 Å². The molecule has 0 bridgehead atoms. The molecule has 1 atom stereocenters. The van der Waals surface area contributed by atoms with Crippen molar-refractivity contribution in [2.45, 2.75) is 26.3 Å². The lowest BCUT2D eigenvalue weighted by atomic mass is 9.93. The fraction of sp³-hybridized carbons (Fsp3) is 0.500. The van der Waals surface area contributed by atoms with E-state index in [2.05, 4.69) is 5.32 Å². The molecule has 116 valence electrons. The van der Waals surface area contributed by atoms with Gasteiger partial charge in [0.05, 0.1) is 19.6 Å². The number of methoxy groups -OCH3 is 2. The van der Waals surface area contributed by atoms with Crippen molar-refractivity contribution in [3.8, 4) is 0 Å². The summed E-state index contributed by atoms with van der Waals surface area (Å²) in [5.74, 6) is -0.669. The third-order valence-electron chi connectivity index (χ3n) is 3.30. The summed E-state index contributed by atoms with van der Waals surface area (Å²) in [5.41, 5.74) is 0.314. The van der Waals surface area contributed by atoms with Crippen molar-refractivity contribution < 1.29 is 19.1 Å². The van der Waals surface area contributed by atoms with Crippen molar-refractivity contribution in [3.05, 3.63) is 35.9 Å². The average Bonchev–Trinajstić information content (AvgIpc) is 2.50. The highest BCUT2D eigenvalue weighted by atomic mass is 16.5. The molecule has 5 heteroatoms. The molecule has 0 saturated heterocycles. The SMILES string of the molecule is COC(=O)C(Cc1ccccc1)NCC(C)(C)C(=O)OC. The third-order valence-corrected chi connectivity index (χ3v) is 3.30. The van der Waals surface area contributed by atoms with Crippen molar-refractivity contribution in [2.24, 2.45) is 5.41 Å². The topological polar surface area (TPSA) is 64.6 Å². The Labute approximate surface area is 125 Å². The molecule has 5 nitrogen and oxygen atoms in total. The van der Waals surface area contributed by atoms with Crippen LogP contribution in [0.5, 0.6) is 0 Å². The molecule has 0 heterocycles. The molecule has 21 heavy (non-hydrogen) atoms. The number of nitrogens with one attached hydrogen (secondary N) is 1. The molecular formula is C16H23NO4. The molecule has 0 fully saturated rings. The van der Waals surface area contributed by atoms with E-state index in [9.17, 15) is 9.59 Å². The minimum absolute atomic E-state index is 0.321. The molecule has 1 rings (SSSR count). The van der Waals surface area contributed by atoms with Crippen molar-refractivity contribution in [2.75, 3.05) is 20.8 Å². The van der Waals surface area contributed by atoms with E-state index in [1.54, 1.807) is 13.8 Å². The van der Waals surface area contributed by atoms with E-state index in [0.29, 0.717) is 13.0 Å². The lowest BCUT2D eigenvalue weighted by Crippen LogP contribution is -2.46. The smallest absolute Gasteiger partial charge is 0.323 e. The fourth-order valence-corrected chi connectivity index (χ4v) is 1.96. The van der Waals surface area contributed by atoms with Crippen LogP contribution in [0.25, 0.3) is 0 Å². The van der Waals surface area contributed by atoms with Crippen molar-refractivity contribution >= 4 is 11.9 Å². The Kier molecular flexibility index (Phi) is 6.37. The zero-order chi connectivity index (χ0) is 15.9. The third kappa shape index (κ3) is 5.19. The number of hydrogen-bond donors (Lipinski definition) is 1. The monoisotopic (exact) mass is 293 g/mol. The fourth-order valence-electron chi connectivity index (χ4n) is 1.96. The summed E-state index contributed by atoms with van der Waals surface area (Å²) >= 11 is 0. The first kappa shape index (κ1) is 17.2. The predicted octanol–water partition coefficient (Wildman–Crippen LogP) is 1.56. The number of esters is 2. The molecule has 1 aromatic rings. The van der Waals surface area contributed by atoms with Crippen LogP contribution in [0, 0.1) is 5.41 Å². The summed E-state index contributed by atoms with van der Waals surface area (Å²) in [7, 11) is 2.71. The number of benzene rings is 1. The van der Waals surface area contributed by atoms with E-state index in [0.717, 1.165) is 5.56 Å². The molecule has 1 aromatic carbocycles. The van der Waals surface area contributed by atoms with Crippen LogP contribution in [0.3, 0.4) is 0 Å². The van der Waals surface area contributed by atoms with Gasteiger partial charge in [-0.1, -0.05) is 30.3 Å². The molecule has 0 spiro atoms. The Balaban J connectivity index is 2.71. The van der Waals surface area contributed by atoms with Gasteiger partial charge in [-0.05, 0) is 25.8 Å². The summed E-state index contributed by atoms with van der Waals surface area (Å²) in [6, 6.07) is 9.15.